The zero-order chi connectivity index (χ0) is 14.6. The highest BCUT2D eigenvalue weighted by Gasteiger charge is 2.31. The Morgan fingerprint density at radius 1 is 1.26 bits per heavy atom. The molecule has 0 spiro atoms. The van der Waals surface area contributed by atoms with Crippen molar-refractivity contribution in [2.45, 2.75) is 18.5 Å². The van der Waals surface area contributed by atoms with Crippen molar-refractivity contribution in [3.8, 4) is 0 Å². The van der Waals surface area contributed by atoms with Crippen LogP contribution in [0.25, 0.3) is 0 Å². The molecule has 0 aliphatic carbocycles. The van der Waals surface area contributed by atoms with E-state index in [4.69, 9.17) is 5.11 Å². The highest BCUT2D eigenvalue weighted by Crippen LogP contribution is 2.31. The number of allylic oxidation sites excluding steroid dienone is 1. The zero-order valence-corrected chi connectivity index (χ0v) is 9.78. The van der Waals surface area contributed by atoms with Gasteiger partial charge in [0.05, 0.1) is 11.5 Å². The third-order valence-electron chi connectivity index (χ3n) is 2.57. The van der Waals surface area contributed by atoms with Gasteiger partial charge in [0.25, 0.3) is 0 Å². The molecule has 0 radical (unpaired) electrons. The lowest BCUT2D eigenvalue weighted by Crippen LogP contribution is -2.21. The van der Waals surface area contributed by atoms with E-state index in [2.05, 4.69) is 6.58 Å². The monoisotopic (exact) mass is 272 g/mol. The number of halogens is 3. The highest BCUT2D eigenvalue weighted by molar-refractivity contribution is 6.35. The van der Waals surface area contributed by atoms with Gasteiger partial charge in [-0.1, -0.05) is 18.2 Å². The number of alkyl halides is 3. The van der Waals surface area contributed by atoms with E-state index >= 15 is 0 Å². The summed E-state index contributed by atoms with van der Waals surface area (Å²) < 4.78 is 37.1. The van der Waals surface area contributed by atoms with Crippen molar-refractivity contribution >= 4 is 11.8 Å². The van der Waals surface area contributed by atoms with Crippen LogP contribution in [-0.4, -0.2) is 16.9 Å². The molecule has 1 unspecified atom stereocenters. The van der Waals surface area contributed by atoms with Gasteiger partial charge in [0.15, 0.2) is 0 Å². The summed E-state index contributed by atoms with van der Waals surface area (Å²) in [5.41, 5.74) is -0.628. The van der Waals surface area contributed by atoms with Crippen LogP contribution in [0, 0.1) is 0 Å². The number of rotatable bonds is 5. The van der Waals surface area contributed by atoms with Gasteiger partial charge in [0, 0.05) is 0 Å². The van der Waals surface area contributed by atoms with E-state index in [1.54, 1.807) is 0 Å². The smallest absolute Gasteiger partial charge is 0.416 e. The molecule has 0 aliphatic heterocycles. The molecule has 0 fully saturated rings. The SMILES string of the molecule is C=CCC(C(=O)C(=O)O)c1ccc(C(F)(F)F)cc1. The van der Waals surface area contributed by atoms with Crippen LogP contribution in [0.15, 0.2) is 36.9 Å². The molecule has 0 aromatic heterocycles. The molecule has 0 bridgehead atoms. The number of Topliss-reactive ketones (excluding diaryl/α,β-unsaturated/α-hetero) is 1. The van der Waals surface area contributed by atoms with Gasteiger partial charge in [-0.05, 0) is 24.1 Å². The molecule has 6 heteroatoms. The number of carbonyl (C=O) groups excluding carboxylic acids is 1. The van der Waals surface area contributed by atoms with Gasteiger partial charge in [-0.15, -0.1) is 6.58 Å². The second kappa shape index (κ2) is 5.69. The molecule has 0 saturated carbocycles. The van der Waals surface area contributed by atoms with E-state index in [-0.39, 0.29) is 12.0 Å². The van der Waals surface area contributed by atoms with Crippen molar-refractivity contribution < 1.29 is 27.9 Å². The van der Waals surface area contributed by atoms with Crippen LogP contribution in [0.2, 0.25) is 0 Å². The summed E-state index contributed by atoms with van der Waals surface area (Å²) in [6.45, 7) is 3.40. The molecule has 1 N–H and O–H groups in total. The lowest BCUT2D eigenvalue weighted by atomic mass is 9.91. The van der Waals surface area contributed by atoms with Crippen LogP contribution in [0.5, 0.6) is 0 Å². The number of carboxylic acid groups (broad SMARTS) is 1. The van der Waals surface area contributed by atoms with Crippen LogP contribution in [0.3, 0.4) is 0 Å². The molecule has 0 heterocycles. The van der Waals surface area contributed by atoms with Gasteiger partial charge in [-0.2, -0.15) is 13.2 Å². The maximum Gasteiger partial charge on any atom is 0.416 e. The zero-order valence-electron chi connectivity index (χ0n) is 9.78. The molecular formula is C13H11F3O3. The van der Waals surface area contributed by atoms with E-state index in [0.717, 1.165) is 24.3 Å². The Labute approximate surface area is 107 Å². The van der Waals surface area contributed by atoms with Gasteiger partial charge in [-0.3, -0.25) is 4.79 Å². The predicted octanol–water partition coefficient (Wildman–Crippen LogP) is 3.02. The number of carbonyl (C=O) groups is 2. The maximum absolute atomic E-state index is 12.4. The fourth-order valence-electron chi connectivity index (χ4n) is 1.61. The van der Waals surface area contributed by atoms with Gasteiger partial charge in [0.2, 0.25) is 5.78 Å². The minimum atomic E-state index is -4.47. The van der Waals surface area contributed by atoms with Crippen LogP contribution >= 0.6 is 0 Å². The quantitative estimate of drug-likeness (QED) is 0.662. The molecule has 3 nitrogen and oxygen atoms in total. The Morgan fingerprint density at radius 2 is 1.79 bits per heavy atom. The van der Waals surface area contributed by atoms with Crippen molar-refractivity contribution in [1.82, 2.24) is 0 Å². The van der Waals surface area contributed by atoms with E-state index in [1.807, 2.05) is 0 Å². The molecule has 0 aliphatic rings. The Hall–Kier alpha value is -2.11. The summed E-state index contributed by atoms with van der Waals surface area (Å²) in [4.78, 5) is 22.1. The fraction of sp³-hybridized carbons (Fsp3) is 0.231. The van der Waals surface area contributed by atoms with E-state index < -0.39 is 29.4 Å². The second-order valence-corrected chi connectivity index (χ2v) is 3.87. The van der Waals surface area contributed by atoms with Crippen molar-refractivity contribution in [3.05, 3.63) is 48.0 Å². The van der Waals surface area contributed by atoms with Crippen molar-refractivity contribution in [2.24, 2.45) is 0 Å². The van der Waals surface area contributed by atoms with Gasteiger partial charge in [0.1, 0.15) is 0 Å². The molecule has 1 aromatic rings. The third-order valence-corrected chi connectivity index (χ3v) is 2.57. The summed E-state index contributed by atoms with van der Waals surface area (Å²) in [6.07, 6.45) is -3.07. The predicted molar refractivity (Wildman–Crippen MR) is 61.6 cm³/mol. The van der Waals surface area contributed by atoms with Crippen LogP contribution in [0.4, 0.5) is 13.2 Å². The Morgan fingerprint density at radius 3 is 2.16 bits per heavy atom. The van der Waals surface area contributed by atoms with Crippen molar-refractivity contribution in [3.63, 3.8) is 0 Å². The first-order valence-corrected chi connectivity index (χ1v) is 5.32. The van der Waals surface area contributed by atoms with Gasteiger partial charge < -0.3 is 5.11 Å². The summed E-state index contributed by atoms with van der Waals surface area (Å²) in [5.74, 6) is -3.70. The maximum atomic E-state index is 12.4. The first-order valence-electron chi connectivity index (χ1n) is 5.32. The average Bonchev–Trinajstić information content (AvgIpc) is 2.34. The molecule has 0 amide bonds. The summed E-state index contributed by atoms with van der Waals surface area (Å²) >= 11 is 0. The topological polar surface area (TPSA) is 54.4 Å². The van der Waals surface area contributed by atoms with Gasteiger partial charge in [-0.25, -0.2) is 4.79 Å². The number of hydrogen-bond donors (Lipinski definition) is 1. The minimum absolute atomic E-state index is 0.0521. The molecule has 0 saturated heterocycles. The number of ketones is 1. The lowest BCUT2D eigenvalue weighted by molar-refractivity contribution is -0.149. The van der Waals surface area contributed by atoms with Gasteiger partial charge >= 0.3 is 12.1 Å². The largest absolute Gasteiger partial charge is 0.475 e. The lowest BCUT2D eigenvalue weighted by Gasteiger charge is -2.13. The molecule has 19 heavy (non-hydrogen) atoms. The minimum Gasteiger partial charge on any atom is -0.475 e. The van der Waals surface area contributed by atoms with Crippen LogP contribution in [0.1, 0.15) is 23.5 Å². The van der Waals surface area contributed by atoms with Crippen LogP contribution < -0.4 is 0 Å². The normalized spacial score (nSPS) is 12.8. The number of carboxylic acids is 1. The standard InChI is InChI=1S/C13H11F3O3/c1-2-3-10(11(17)12(18)19)8-4-6-9(7-5-8)13(14,15)16/h2,4-7,10H,1,3H2,(H,18,19). The molecule has 1 aromatic carbocycles. The number of hydrogen-bond acceptors (Lipinski definition) is 2. The Bertz CT molecular complexity index is 489. The second-order valence-electron chi connectivity index (χ2n) is 3.87. The highest BCUT2D eigenvalue weighted by atomic mass is 19.4. The number of aliphatic carboxylic acids is 1. The number of benzene rings is 1. The fourth-order valence-corrected chi connectivity index (χ4v) is 1.61. The average molecular weight is 272 g/mol. The Balaban J connectivity index is 3.08. The summed E-state index contributed by atoms with van der Waals surface area (Å²) in [6, 6.07) is 3.86. The first kappa shape index (κ1) is 14.9. The van der Waals surface area contributed by atoms with Crippen LogP contribution in [-0.2, 0) is 15.8 Å². The first-order chi connectivity index (χ1) is 8.77. The third kappa shape index (κ3) is 3.67. The van der Waals surface area contributed by atoms with E-state index in [0.29, 0.717) is 0 Å². The molecular weight excluding hydrogens is 261 g/mol. The Kier molecular flexibility index (Phi) is 4.47. The molecule has 102 valence electrons. The van der Waals surface area contributed by atoms with Crippen molar-refractivity contribution in [1.29, 1.82) is 0 Å². The van der Waals surface area contributed by atoms with E-state index in [9.17, 15) is 22.8 Å². The molecule has 1 rings (SSSR count). The van der Waals surface area contributed by atoms with E-state index in [1.165, 1.54) is 6.08 Å². The summed E-state index contributed by atoms with van der Waals surface area (Å²) in [5, 5.41) is 8.66. The summed E-state index contributed by atoms with van der Waals surface area (Å²) in [7, 11) is 0. The molecule has 1 atom stereocenters. The van der Waals surface area contributed by atoms with Crippen molar-refractivity contribution in [2.75, 3.05) is 0 Å².